The maximum Gasteiger partial charge on any atom is 0.283 e. The van der Waals surface area contributed by atoms with E-state index >= 15 is 0 Å². The van der Waals surface area contributed by atoms with Gasteiger partial charge in [0.15, 0.2) is 0 Å². The zero-order valence-corrected chi connectivity index (χ0v) is 5.40. The first-order valence-corrected chi connectivity index (χ1v) is 3.21. The van der Waals surface area contributed by atoms with Gasteiger partial charge >= 0.3 is 0 Å². The molecule has 3 nitrogen and oxygen atoms in total. The summed E-state index contributed by atoms with van der Waals surface area (Å²) in [6.07, 6.45) is 7.87. The fourth-order valence-corrected chi connectivity index (χ4v) is 1.12. The second-order valence-electron chi connectivity index (χ2n) is 2.31. The predicted octanol–water partition coefficient (Wildman–Crippen LogP) is 0.194. The molecule has 1 heterocycles. The third-order valence-corrected chi connectivity index (χ3v) is 1.59. The Bertz CT molecular complexity index is 230. The Labute approximate surface area is 58.9 Å². The van der Waals surface area contributed by atoms with Crippen molar-refractivity contribution in [2.75, 3.05) is 0 Å². The van der Waals surface area contributed by atoms with Crippen molar-refractivity contribution in [3.8, 4) is 0 Å². The highest BCUT2D eigenvalue weighted by Crippen LogP contribution is 2.17. The van der Waals surface area contributed by atoms with Gasteiger partial charge < -0.3 is 10.5 Å². The van der Waals surface area contributed by atoms with Crippen molar-refractivity contribution in [1.29, 1.82) is 0 Å². The minimum absolute atomic E-state index is 0.0463. The summed E-state index contributed by atoms with van der Waals surface area (Å²) in [7, 11) is 0. The van der Waals surface area contributed by atoms with Gasteiger partial charge in [-0.05, 0) is 6.08 Å². The lowest BCUT2D eigenvalue weighted by Crippen LogP contribution is -2.21. The van der Waals surface area contributed by atoms with Gasteiger partial charge in [-0.2, -0.15) is 0 Å². The first kappa shape index (κ1) is 5.53. The van der Waals surface area contributed by atoms with E-state index in [0.717, 1.165) is 0 Å². The molecule has 0 fully saturated rings. The van der Waals surface area contributed by atoms with Crippen LogP contribution in [0.15, 0.2) is 29.3 Å². The molecular formula is C7H8N2O. The Morgan fingerprint density at radius 1 is 1.40 bits per heavy atom. The van der Waals surface area contributed by atoms with Gasteiger partial charge in [-0.25, -0.2) is 4.99 Å². The van der Waals surface area contributed by atoms with Crippen LogP contribution in [0.2, 0.25) is 0 Å². The molecule has 0 saturated carbocycles. The fourth-order valence-electron chi connectivity index (χ4n) is 1.12. The summed E-state index contributed by atoms with van der Waals surface area (Å²) < 4.78 is 5.15. The van der Waals surface area contributed by atoms with Crippen LogP contribution in [0.4, 0.5) is 0 Å². The molecule has 2 rings (SSSR count). The number of hydrogen-bond donors (Lipinski definition) is 1. The summed E-state index contributed by atoms with van der Waals surface area (Å²) in [5, 5.41) is 0. The van der Waals surface area contributed by atoms with Crippen molar-refractivity contribution in [3.63, 3.8) is 0 Å². The molecule has 52 valence electrons. The van der Waals surface area contributed by atoms with E-state index in [1.54, 1.807) is 0 Å². The van der Waals surface area contributed by atoms with Gasteiger partial charge in [0.2, 0.25) is 0 Å². The van der Waals surface area contributed by atoms with Gasteiger partial charge in [-0.1, -0.05) is 18.2 Å². The van der Waals surface area contributed by atoms with Crippen molar-refractivity contribution < 1.29 is 4.74 Å². The van der Waals surface area contributed by atoms with Crippen LogP contribution < -0.4 is 5.73 Å². The van der Waals surface area contributed by atoms with E-state index in [1.807, 2.05) is 24.3 Å². The highest BCUT2D eigenvalue weighted by molar-refractivity contribution is 5.74. The summed E-state index contributed by atoms with van der Waals surface area (Å²) in [5.74, 6) is 0. The SMILES string of the molecule is NC1=N[C@H]2C=CC=CC2O1. The van der Waals surface area contributed by atoms with Crippen molar-refractivity contribution in [2.45, 2.75) is 12.1 Å². The summed E-state index contributed by atoms with van der Waals surface area (Å²) in [6.45, 7) is 0. The monoisotopic (exact) mass is 136 g/mol. The predicted molar refractivity (Wildman–Crippen MR) is 38.6 cm³/mol. The zero-order chi connectivity index (χ0) is 6.97. The standard InChI is InChI=1S/C7H8N2O/c8-7-9-5-3-1-2-4-6(5)10-7/h1-6H,(H2,8,9)/t5-,6?/m0/s1. The summed E-state index contributed by atoms with van der Waals surface area (Å²) in [6, 6.07) is 0.413. The molecular weight excluding hydrogens is 128 g/mol. The summed E-state index contributed by atoms with van der Waals surface area (Å²) >= 11 is 0. The molecule has 10 heavy (non-hydrogen) atoms. The molecule has 0 saturated heterocycles. The number of amidine groups is 1. The highest BCUT2D eigenvalue weighted by Gasteiger charge is 2.26. The minimum atomic E-state index is 0.0463. The third kappa shape index (κ3) is 0.708. The van der Waals surface area contributed by atoms with Gasteiger partial charge in [0.1, 0.15) is 12.1 Å². The Hall–Kier alpha value is -1.25. The van der Waals surface area contributed by atoms with Crippen molar-refractivity contribution >= 4 is 6.02 Å². The lowest BCUT2D eigenvalue weighted by molar-refractivity contribution is 0.251. The van der Waals surface area contributed by atoms with Crippen LogP contribution in [-0.4, -0.2) is 18.2 Å². The van der Waals surface area contributed by atoms with E-state index in [-0.39, 0.29) is 12.1 Å². The topological polar surface area (TPSA) is 47.6 Å². The van der Waals surface area contributed by atoms with E-state index in [4.69, 9.17) is 10.5 Å². The lowest BCUT2D eigenvalue weighted by atomic mass is 10.1. The minimum Gasteiger partial charge on any atom is -0.455 e. The molecule has 0 radical (unpaired) electrons. The van der Waals surface area contributed by atoms with Crippen molar-refractivity contribution in [2.24, 2.45) is 10.7 Å². The molecule has 0 aromatic heterocycles. The average molecular weight is 136 g/mol. The molecule has 0 spiro atoms. The van der Waals surface area contributed by atoms with Gasteiger partial charge in [0.05, 0.1) is 0 Å². The number of allylic oxidation sites excluding steroid dienone is 2. The first-order valence-electron chi connectivity index (χ1n) is 3.21. The second-order valence-corrected chi connectivity index (χ2v) is 2.31. The smallest absolute Gasteiger partial charge is 0.283 e. The van der Waals surface area contributed by atoms with Crippen LogP contribution >= 0.6 is 0 Å². The molecule has 0 aromatic carbocycles. The van der Waals surface area contributed by atoms with Crippen LogP contribution in [0.3, 0.4) is 0 Å². The van der Waals surface area contributed by atoms with E-state index < -0.39 is 0 Å². The van der Waals surface area contributed by atoms with Gasteiger partial charge in [-0.15, -0.1) is 0 Å². The van der Waals surface area contributed by atoms with Gasteiger partial charge in [0.25, 0.3) is 6.02 Å². The molecule has 3 heteroatoms. The van der Waals surface area contributed by atoms with Gasteiger partial charge in [0, 0.05) is 0 Å². The normalized spacial score (nSPS) is 35.0. The quantitative estimate of drug-likeness (QED) is 0.517. The van der Waals surface area contributed by atoms with Gasteiger partial charge in [-0.3, -0.25) is 0 Å². The highest BCUT2D eigenvalue weighted by atomic mass is 16.5. The van der Waals surface area contributed by atoms with E-state index in [9.17, 15) is 0 Å². The number of nitrogens with zero attached hydrogens (tertiary/aromatic N) is 1. The third-order valence-electron chi connectivity index (χ3n) is 1.59. The van der Waals surface area contributed by atoms with Crippen LogP contribution in [0.5, 0.6) is 0 Å². The maximum atomic E-state index is 5.35. The number of nitrogens with two attached hydrogens (primary N) is 1. The number of aliphatic imine (C=N–C) groups is 1. The Balaban J connectivity index is 2.24. The summed E-state index contributed by atoms with van der Waals surface area (Å²) in [4.78, 5) is 4.04. The summed E-state index contributed by atoms with van der Waals surface area (Å²) in [5.41, 5.74) is 5.35. The Kier molecular flexibility index (Phi) is 1.03. The molecule has 1 aliphatic heterocycles. The Morgan fingerprint density at radius 3 is 3.00 bits per heavy atom. The number of ether oxygens (including phenoxy) is 1. The van der Waals surface area contributed by atoms with E-state index in [2.05, 4.69) is 4.99 Å². The van der Waals surface area contributed by atoms with Crippen LogP contribution in [0.25, 0.3) is 0 Å². The molecule has 2 N–H and O–H groups in total. The number of rotatable bonds is 0. The van der Waals surface area contributed by atoms with Crippen molar-refractivity contribution in [1.82, 2.24) is 0 Å². The fraction of sp³-hybridized carbons (Fsp3) is 0.286. The second kappa shape index (κ2) is 1.87. The first-order chi connectivity index (χ1) is 4.86. The largest absolute Gasteiger partial charge is 0.455 e. The molecule has 2 aliphatic rings. The average Bonchev–Trinajstić information content (AvgIpc) is 2.27. The van der Waals surface area contributed by atoms with E-state index in [0.29, 0.717) is 6.02 Å². The van der Waals surface area contributed by atoms with Crippen molar-refractivity contribution in [3.05, 3.63) is 24.3 Å². The molecule has 0 aromatic rings. The molecule has 1 unspecified atom stereocenters. The lowest BCUT2D eigenvalue weighted by Gasteiger charge is -2.11. The molecule has 1 aliphatic carbocycles. The number of hydrogen-bond acceptors (Lipinski definition) is 3. The van der Waals surface area contributed by atoms with Crippen LogP contribution in [0, 0.1) is 0 Å². The van der Waals surface area contributed by atoms with Crippen LogP contribution in [0.1, 0.15) is 0 Å². The Morgan fingerprint density at radius 2 is 2.20 bits per heavy atom. The maximum absolute atomic E-state index is 5.35. The van der Waals surface area contributed by atoms with Crippen LogP contribution in [-0.2, 0) is 4.74 Å². The molecule has 0 bridgehead atoms. The molecule has 0 amide bonds. The van der Waals surface area contributed by atoms with E-state index in [1.165, 1.54) is 0 Å². The zero-order valence-electron chi connectivity index (χ0n) is 5.40. The number of fused-ring (bicyclic) bond motifs is 1. The molecule has 2 atom stereocenters.